The normalized spacial score (nSPS) is 21.5. The Morgan fingerprint density at radius 2 is 0.824 bits per heavy atom. The predicted molar refractivity (Wildman–Crippen MR) is 81.2 cm³/mol. The smallest absolute Gasteiger partial charge is 0.0375 e. The number of rotatable bonds is 2. The summed E-state index contributed by atoms with van der Waals surface area (Å²) in [7, 11) is -0.613. The molecule has 17 heavy (non-hydrogen) atoms. The van der Waals surface area contributed by atoms with Crippen molar-refractivity contribution in [1.29, 1.82) is 0 Å². The van der Waals surface area contributed by atoms with Gasteiger partial charge in [0.1, 0.15) is 0 Å². The summed E-state index contributed by atoms with van der Waals surface area (Å²) in [6, 6.07) is 0. The Bertz CT molecular complexity index is 151. The first kappa shape index (κ1) is 18.0. The first-order valence-corrected chi connectivity index (χ1v) is 13.1. The molecule has 2 radical (unpaired) electrons. The van der Waals surface area contributed by atoms with Gasteiger partial charge in [-0.1, -0.05) is 77.6 Å². The fraction of sp³-hybridized carbons (Fsp3) is 0.857. The molecule has 0 N–H and O–H groups in total. The molecule has 3 heteroatoms. The van der Waals surface area contributed by atoms with Crippen LogP contribution in [0.3, 0.4) is 0 Å². The Kier molecular flexibility index (Phi) is 10.4. The second kappa shape index (κ2) is 9.83. The average Bonchev–Trinajstić information content (AvgIpc) is 2.93. The summed E-state index contributed by atoms with van der Waals surface area (Å²) in [5.41, 5.74) is 3.87. The van der Waals surface area contributed by atoms with E-state index in [1.165, 1.54) is 51.4 Å². The largest absolute Gasteiger partial charge is 0.0718 e. The molecule has 2 aliphatic rings. The van der Waals surface area contributed by atoms with Gasteiger partial charge in [-0.05, 0) is 11.1 Å². The van der Waals surface area contributed by atoms with Crippen LogP contribution in [0.2, 0.25) is 26.2 Å². The minimum absolute atomic E-state index is 0. The van der Waals surface area contributed by atoms with Gasteiger partial charge in [-0.15, -0.1) is 0 Å². The van der Waals surface area contributed by atoms with Crippen LogP contribution in [0.4, 0.5) is 0 Å². The summed E-state index contributed by atoms with van der Waals surface area (Å²) in [6.07, 6.45) is 11.9. The minimum atomic E-state index is -0.306. The van der Waals surface area contributed by atoms with Gasteiger partial charge in [0.2, 0.25) is 0 Å². The molecule has 0 spiro atoms. The molecule has 0 atom stereocenters. The van der Waals surface area contributed by atoms with Crippen LogP contribution in [-0.2, 0) is 17.1 Å². The molecule has 2 aliphatic carbocycles. The zero-order chi connectivity index (χ0) is 12.0. The van der Waals surface area contributed by atoms with Gasteiger partial charge < -0.3 is 0 Å². The summed E-state index contributed by atoms with van der Waals surface area (Å²) in [4.78, 5) is 0. The van der Waals surface area contributed by atoms with E-state index in [1.807, 2.05) is 11.1 Å². The van der Waals surface area contributed by atoms with E-state index in [0.29, 0.717) is 0 Å². The van der Waals surface area contributed by atoms with Crippen LogP contribution >= 0.6 is 0 Å². The van der Waals surface area contributed by atoms with Gasteiger partial charge in [-0.2, -0.15) is 0 Å². The van der Waals surface area contributed by atoms with Crippen LogP contribution in [-0.4, -0.2) is 17.6 Å². The molecule has 2 saturated carbocycles. The molecular weight excluding hydrogens is 280 g/mol. The van der Waals surface area contributed by atoms with Crippen molar-refractivity contribution in [3.8, 4) is 0 Å². The van der Waals surface area contributed by atoms with Crippen molar-refractivity contribution < 1.29 is 17.1 Å². The minimum Gasteiger partial charge on any atom is -0.0718 e. The fourth-order valence-electron chi connectivity index (χ4n) is 2.81. The van der Waals surface area contributed by atoms with Crippen LogP contribution in [0.1, 0.15) is 51.4 Å². The van der Waals surface area contributed by atoms with Crippen LogP contribution in [0, 0.1) is 11.1 Å². The predicted octanol–water partition coefficient (Wildman–Crippen LogP) is 4.32. The van der Waals surface area contributed by atoms with Crippen LogP contribution < -0.4 is 0 Å². The molecule has 2 rings (SSSR count). The second-order valence-electron chi connectivity index (χ2n) is 6.04. The molecule has 0 heterocycles. The molecule has 0 aromatic heterocycles. The van der Waals surface area contributed by atoms with Gasteiger partial charge in [0.25, 0.3) is 0 Å². The number of hydrogen-bond donors (Lipinski definition) is 0. The Balaban J connectivity index is 0.000000284. The maximum absolute atomic E-state index is 2.45. The molecule has 0 bridgehead atoms. The van der Waals surface area contributed by atoms with Gasteiger partial charge in [0, 0.05) is 34.7 Å². The molecule has 0 saturated heterocycles. The van der Waals surface area contributed by atoms with E-state index in [1.54, 1.807) is 0 Å². The molecule has 0 aliphatic heterocycles. The molecule has 0 unspecified atom stereocenters. The van der Waals surface area contributed by atoms with Gasteiger partial charge >= 0.3 is 0 Å². The van der Waals surface area contributed by atoms with Gasteiger partial charge in [0.05, 0.1) is 0 Å². The summed E-state index contributed by atoms with van der Waals surface area (Å²) < 4.78 is 0. The van der Waals surface area contributed by atoms with Gasteiger partial charge in [-0.3, -0.25) is 0 Å². The van der Waals surface area contributed by atoms with E-state index < -0.39 is 0 Å². The first-order chi connectivity index (χ1) is 7.61. The van der Waals surface area contributed by atoms with E-state index in [2.05, 4.69) is 26.2 Å². The van der Waals surface area contributed by atoms with Crippen molar-refractivity contribution in [2.24, 2.45) is 0 Å². The Labute approximate surface area is 123 Å². The maximum Gasteiger partial charge on any atom is 0.0375 e. The molecular formula is C14H30FeSi2. The average molecular weight is 310 g/mol. The van der Waals surface area contributed by atoms with Crippen molar-refractivity contribution in [3.05, 3.63) is 11.1 Å². The quantitative estimate of drug-likeness (QED) is 0.666. The Morgan fingerprint density at radius 1 is 0.588 bits per heavy atom. The van der Waals surface area contributed by atoms with Crippen LogP contribution in [0.15, 0.2) is 0 Å². The topological polar surface area (TPSA) is 0 Å². The van der Waals surface area contributed by atoms with Gasteiger partial charge in [0.15, 0.2) is 0 Å². The molecule has 0 amide bonds. The third kappa shape index (κ3) is 7.20. The summed E-state index contributed by atoms with van der Waals surface area (Å²) >= 11 is 0. The van der Waals surface area contributed by atoms with Crippen molar-refractivity contribution in [1.82, 2.24) is 0 Å². The number of hydrogen-bond acceptors (Lipinski definition) is 0. The SMILES string of the molecule is C[SiH](C)[C]1CCCC1.C[SiH](C)[C]1CCCC1.[Fe]. The third-order valence-corrected chi connectivity index (χ3v) is 8.55. The zero-order valence-corrected chi connectivity index (χ0v) is 15.6. The van der Waals surface area contributed by atoms with Crippen molar-refractivity contribution >= 4 is 17.6 Å². The maximum atomic E-state index is 2.45. The monoisotopic (exact) mass is 310 g/mol. The van der Waals surface area contributed by atoms with Crippen molar-refractivity contribution in [3.63, 3.8) is 0 Å². The van der Waals surface area contributed by atoms with Gasteiger partial charge in [-0.25, -0.2) is 0 Å². The van der Waals surface area contributed by atoms with Crippen LogP contribution in [0.5, 0.6) is 0 Å². The van der Waals surface area contributed by atoms with Crippen molar-refractivity contribution in [2.45, 2.75) is 77.6 Å². The third-order valence-electron chi connectivity index (χ3n) is 4.12. The summed E-state index contributed by atoms with van der Waals surface area (Å²) in [5.74, 6) is 0. The second-order valence-corrected chi connectivity index (χ2v) is 12.3. The summed E-state index contributed by atoms with van der Waals surface area (Å²) in [5, 5.41) is 0. The standard InChI is InChI=1S/2C7H15Si.Fe/c2*1-8(2)7-5-3-4-6-7;/h2*8H,3-6H2,1-2H3;. The van der Waals surface area contributed by atoms with E-state index in [-0.39, 0.29) is 34.7 Å². The molecule has 0 nitrogen and oxygen atoms in total. The van der Waals surface area contributed by atoms with E-state index in [0.717, 1.165) is 0 Å². The Morgan fingerprint density at radius 3 is 0.941 bits per heavy atom. The fourth-order valence-corrected chi connectivity index (χ4v) is 5.94. The molecule has 0 aromatic carbocycles. The zero-order valence-electron chi connectivity index (χ0n) is 12.2. The van der Waals surface area contributed by atoms with E-state index >= 15 is 0 Å². The summed E-state index contributed by atoms with van der Waals surface area (Å²) in [6.45, 7) is 9.78. The molecule has 102 valence electrons. The van der Waals surface area contributed by atoms with E-state index in [4.69, 9.17) is 0 Å². The Hall–Kier alpha value is 0.953. The van der Waals surface area contributed by atoms with E-state index in [9.17, 15) is 0 Å². The molecule has 0 aromatic rings. The first-order valence-electron chi connectivity index (χ1n) is 7.30. The van der Waals surface area contributed by atoms with Crippen LogP contribution in [0.25, 0.3) is 0 Å². The molecule has 2 fully saturated rings. The van der Waals surface area contributed by atoms with Crippen molar-refractivity contribution in [2.75, 3.05) is 0 Å².